The molecule has 0 aliphatic carbocycles. The second kappa shape index (κ2) is 12.4. The van der Waals surface area contributed by atoms with Crippen LogP contribution in [-0.2, 0) is 4.79 Å². The molecule has 4 aromatic rings. The highest BCUT2D eigenvalue weighted by atomic mass is 35.5. The minimum Gasteiger partial charge on any atom is -0.332 e. The zero-order chi connectivity index (χ0) is 27.2. The Kier molecular flexibility index (Phi) is 8.95. The van der Waals surface area contributed by atoms with Crippen LogP contribution in [0.2, 0.25) is 5.02 Å². The van der Waals surface area contributed by atoms with Crippen LogP contribution in [0.3, 0.4) is 0 Å². The van der Waals surface area contributed by atoms with E-state index < -0.39 is 11.9 Å². The van der Waals surface area contributed by atoms with Crippen LogP contribution in [0, 0.1) is 5.82 Å². The average Bonchev–Trinajstić information content (AvgIpc) is 2.93. The molecule has 0 fully saturated rings. The molecule has 0 spiro atoms. The third-order valence-corrected chi connectivity index (χ3v) is 7.26. The van der Waals surface area contributed by atoms with Crippen LogP contribution < -0.4 is 5.56 Å². The molecular weight excluding hydrogens is 501 g/mol. The molecule has 3 aromatic carbocycles. The van der Waals surface area contributed by atoms with Gasteiger partial charge in [0, 0.05) is 6.54 Å². The summed E-state index contributed by atoms with van der Waals surface area (Å²) in [5, 5.41) is 0.351. The predicted octanol–water partition coefficient (Wildman–Crippen LogP) is 7.45. The van der Waals surface area contributed by atoms with Crippen molar-refractivity contribution in [2.45, 2.75) is 58.4 Å². The van der Waals surface area contributed by atoms with E-state index in [0.29, 0.717) is 41.8 Å². The molecule has 4 rings (SSSR count). The van der Waals surface area contributed by atoms with Crippen LogP contribution in [0.25, 0.3) is 16.6 Å². The number of fused-ring (bicyclic) bond motifs is 1. The van der Waals surface area contributed by atoms with Gasteiger partial charge in [-0.1, -0.05) is 81.3 Å². The number of benzene rings is 3. The maximum Gasteiger partial charge on any atom is 0.266 e. The molecule has 0 saturated carbocycles. The van der Waals surface area contributed by atoms with E-state index in [2.05, 4.69) is 6.92 Å². The smallest absolute Gasteiger partial charge is 0.266 e. The number of carbonyl (C=O) groups is 1. The van der Waals surface area contributed by atoms with E-state index in [-0.39, 0.29) is 22.4 Å². The molecule has 0 aliphatic rings. The van der Waals surface area contributed by atoms with Crippen molar-refractivity contribution < 1.29 is 9.18 Å². The molecule has 2 unspecified atom stereocenters. The maximum absolute atomic E-state index is 14.2. The van der Waals surface area contributed by atoms with Gasteiger partial charge in [-0.25, -0.2) is 9.37 Å². The summed E-state index contributed by atoms with van der Waals surface area (Å²) in [7, 11) is 0. The highest BCUT2D eigenvalue weighted by Crippen LogP contribution is 2.32. The second-order valence-electron chi connectivity index (χ2n) is 9.41. The van der Waals surface area contributed by atoms with Crippen molar-refractivity contribution in [2.24, 2.45) is 0 Å². The van der Waals surface area contributed by atoms with E-state index in [0.717, 1.165) is 18.4 Å². The number of carbonyl (C=O) groups excluding carboxylic acids is 1. The van der Waals surface area contributed by atoms with Gasteiger partial charge in [0.15, 0.2) is 0 Å². The molecule has 7 heteroatoms. The Hall–Kier alpha value is -3.51. The fraction of sp³-hybridized carbons (Fsp3) is 0.323. The minimum absolute atomic E-state index is 0.00472. The molecule has 0 saturated heterocycles. The zero-order valence-electron chi connectivity index (χ0n) is 22.0. The number of unbranched alkanes of at least 4 members (excludes halogenated alkanes) is 1. The third kappa shape index (κ3) is 5.51. The summed E-state index contributed by atoms with van der Waals surface area (Å²) in [5.74, 6) is -0.446. The second-order valence-corrected chi connectivity index (χ2v) is 9.81. The van der Waals surface area contributed by atoms with Crippen molar-refractivity contribution in [1.82, 2.24) is 14.5 Å². The first-order chi connectivity index (χ1) is 18.4. The van der Waals surface area contributed by atoms with E-state index in [1.54, 1.807) is 18.2 Å². The summed E-state index contributed by atoms with van der Waals surface area (Å²) < 4.78 is 15.6. The molecule has 2 atom stereocenters. The van der Waals surface area contributed by atoms with Crippen molar-refractivity contribution in [3.63, 3.8) is 0 Å². The Balaban J connectivity index is 1.93. The minimum atomic E-state index is -0.570. The lowest BCUT2D eigenvalue weighted by Crippen LogP contribution is -2.41. The lowest BCUT2D eigenvalue weighted by molar-refractivity contribution is -0.136. The first-order valence-electron chi connectivity index (χ1n) is 13.2. The van der Waals surface area contributed by atoms with Crippen LogP contribution in [0.15, 0.2) is 77.6 Å². The van der Waals surface area contributed by atoms with E-state index in [1.165, 1.54) is 22.8 Å². The molecule has 0 bridgehead atoms. The topological polar surface area (TPSA) is 55.2 Å². The van der Waals surface area contributed by atoms with Gasteiger partial charge in [-0.05, 0) is 55.2 Å². The molecule has 198 valence electrons. The van der Waals surface area contributed by atoms with Gasteiger partial charge in [-0.15, -0.1) is 0 Å². The van der Waals surface area contributed by atoms with Gasteiger partial charge in [-0.3, -0.25) is 14.2 Å². The molecule has 1 aromatic heterocycles. The average molecular weight is 534 g/mol. The monoisotopic (exact) mass is 533 g/mol. The van der Waals surface area contributed by atoms with Crippen molar-refractivity contribution in [3.8, 4) is 5.69 Å². The Morgan fingerprint density at radius 2 is 1.71 bits per heavy atom. The molecule has 38 heavy (non-hydrogen) atoms. The van der Waals surface area contributed by atoms with Crippen LogP contribution in [0.5, 0.6) is 0 Å². The van der Waals surface area contributed by atoms with Gasteiger partial charge in [0.2, 0.25) is 5.91 Å². The summed E-state index contributed by atoms with van der Waals surface area (Å²) >= 11 is 6.13. The van der Waals surface area contributed by atoms with E-state index in [1.807, 2.05) is 55.1 Å². The lowest BCUT2D eigenvalue weighted by atomic mass is 9.93. The largest absolute Gasteiger partial charge is 0.332 e. The molecular formula is C31H33ClFN3O2. The number of hydrogen-bond donors (Lipinski definition) is 0. The SMILES string of the molecule is CCCCN(C(=O)C(CC)c1ccccc1)C(CC)c1nc2ccccc2c(=O)n1-c1ccc(F)c(Cl)c1. The normalized spacial score (nSPS) is 12.9. The molecule has 1 heterocycles. The Morgan fingerprint density at radius 3 is 2.37 bits per heavy atom. The first-order valence-corrected chi connectivity index (χ1v) is 13.6. The van der Waals surface area contributed by atoms with Crippen molar-refractivity contribution in [3.05, 3.63) is 105 Å². The molecule has 5 nitrogen and oxygen atoms in total. The highest BCUT2D eigenvalue weighted by molar-refractivity contribution is 6.30. The van der Waals surface area contributed by atoms with Crippen molar-refractivity contribution in [2.75, 3.05) is 6.54 Å². The number of aromatic nitrogens is 2. The lowest BCUT2D eigenvalue weighted by Gasteiger charge is -2.35. The quantitative estimate of drug-likeness (QED) is 0.213. The number of nitrogens with zero attached hydrogens (tertiary/aromatic N) is 3. The Bertz CT molecular complexity index is 1470. The molecule has 0 aliphatic heterocycles. The van der Waals surface area contributed by atoms with Crippen LogP contribution in [-0.4, -0.2) is 26.9 Å². The summed E-state index contributed by atoms with van der Waals surface area (Å²) in [6.07, 6.45) is 2.91. The standard InChI is InChI=1S/C31H33ClFN3O2/c1-4-7-19-35(30(37)23(5-2)21-13-9-8-10-14-21)28(6-3)29-34-27-16-12-11-15-24(27)31(38)36(29)22-17-18-26(33)25(32)20-22/h8-18,20,23,28H,4-7,19H2,1-3H3. The number of hydrogen-bond acceptors (Lipinski definition) is 3. The zero-order valence-corrected chi connectivity index (χ0v) is 22.8. The van der Waals surface area contributed by atoms with Gasteiger partial charge < -0.3 is 4.90 Å². The maximum atomic E-state index is 14.2. The van der Waals surface area contributed by atoms with Gasteiger partial charge in [0.1, 0.15) is 11.6 Å². The summed E-state index contributed by atoms with van der Waals surface area (Å²) in [5.41, 5.74) is 1.63. The van der Waals surface area contributed by atoms with Gasteiger partial charge >= 0.3 is 0 Å². The molecule has 0 N–H and O–H groups in total. The Morgan fingerprint density at radius 1 is 1.00 bits per heavy atom. The number of amides is 1. The van der Waals surface area contributed by atoms with E-state index in [9.17, 15) is 14.0 Å². The molecule has 0 radical (unpaired) electrons. The van der Waals surface area contributed by atoms with Crippen LogP contribution in [0.4, 0.5) is 4.39 Å². The van der Waals surface area contributed by atoms with Gasteiger partial charge in [0.05, 0.1) is 33.6 Å². The summed E-state index contributed by atoms with van der Waals surface area (Å²) in [4.78, 5) is 34.9. The van der Waals surface area contributed by atoms with Crippen LogP contribution >= 0.6 is 11.6 Å². The van der Waals surface area contributed by atoms with Gasteiger partial charge in [0.25, 0.3) is 5.56 Å². The fourth-order valence-corrected chi connectivity index (χ4v) is 5.15. The number of halogens is 2. The fourth-order valence-electron chi connectivity index (χ4n) is 4.98. The summed E-state index contributed by atoms with van der Waals surface area (Å²) in [6.45, 7) is 6.62. The van der Waals surface area contributed by atoms with Crippen molar-refractivity contribution >= 4 is 28.4 Å². The predicted molar refractivity (Wildman–Crippen MR) is 151 cm³/mol. The highest BCUT2D eigenvalue weighted by Gasteiger charge is 2.32. The number of para-hydroxylation sites is 1. The number of rotatable bonds is 10. The van der Waals surface area contributed by atoms with Crippen molar-refractivity contribution in [1.29, 1.82) is 0 Å². The molecule has 1 amide bonds. The first kappa shape index (κ1) is 27.5. The van der Waals surface area contributed by atoms with E-state index >= 15 is 0 Å². The summed E-state index contributed by atoms with van der Waals surface area (Å²) in [6, 6.07) is 20.6. The Labute approximate surface area is 227 Å². The van der Waals surface area contributed by atoms with Crippen LogP contribution in [0.1, 0.15) is 69.8 Å². The third-order valence-electron chi connectivity index (χ3n) is 6.97. The van der Waals surface area contributed by atoms with Gasteiger partial charge in [-0.2, -0.15) is 0 Å². The van der Waals surface area contributed by atoms with E-state index in [4.69, 9.17) is 16.6 Å².